The first-order valence-electron chi connectivity index (χ1n) is 10.2. The lowest BCUT2D eigenvalue weighted by molar-refractivity contribution is 0.403. The minimum Gasteiger partial charge on any atom is -0.310 e. The SMILES string of the molecule is C[C@@H](NCCC[C@@H]1CCc2ccccc2C1)c1ccc(F)c2ccccc12. The molecule has 0 aliphatic heterocycles. The molecule has 2 atom stereocenters. The lowest BCUT2D eigenvalue weighted by Gasteiger charge is -2.25. The molecule has 0 amide bonds. The van der Waals surface area contributed by atoms with Crippen LogP contribution in [0, 0.1) is 11.7 Å². The quantitative estimate of drug-likeness (QED) is 0.514. The number of nitrogens with one attached hydrogen (secondary N) is 1. The number of rotatable bonds is 6. The fourth-order valence-corrected chi connectivity index (χ4v) is 4.50. The fourth-order valence-electron chi connectivity index (χ4n) is 4.50. The van der Waals surface area contributed by atoms with Crippen LogP contribution >= 0.6 is 0 Å². The first-order chi connectivity index (χ1) is 13.2. The van der Waals surface area contributed by atoms with E-state index in [0.29, 0.717) is 5.39 Å². The van der Waals surface area contributed by atoms with Gasteiger partial charge in [-0.3, -0.25) is 0 Å². The summed E-state index contributed by atoms with van der Waals surface area (Å²) >= 11 is 0. The van der Waals surface area contributed by atoms with Gasteiger partial charge in [-0.1, -0.05) is 54.6 Å². The van der Waals surface area contributed by atoms with Crippen molar-refractivity contribution in [2.75, 3.05) is 6.54 Å². The smallest absolute Gasteiger partial charge is 0.131 e. The zero-order chi connectivity index (χ0) is 18.6. The van der Waals surface area contributed by atoms with Crippen LogP contribution in [0.15, 0.2) is 60.7 Å². The van der Waals surface area contributed by atoms with E-state index < -0.39 is 0 Å². The van der Waals surface area contributed by atoms with Gasteiger partial charge in [-0.25, -0.2) is 4.39 Å². The van der Waals surface area contributed by atoms with E-state index in [1.54, 1.807) is 17.2 Å². The Morgan fingerprint density at radius 3 is 2.56 bits per heavy atom. The Balaban J connectivity index is 1.31. The maximum absolute atomic E-state index is 14.0. The Kier molecular flexibility index (Phi) is 5.54. The Bertz CT molecular complexity index is 917. The molecule has 0 saturated heterocycles. The van der Waals surface area contributed by atoms with Crippen molar-refractivity contribution >= 4 is 10.8 Å². The molecule has 0 bridgehead atoms. The monoisotopic (exact) mass is 361 g/mol. The predicted molar refractivity (Wildman–Crippen MR) is 112 cm³/mol. The van der Waals surface area contributed by atoms with E-state index in [0.717, 1.165) is 17.8 Å². The highest BCUT2D eigenvalue weighted by molar-refractivity contribution is 5.86. The molecule has 0 heterocycles. The average molecular weight is 362 g/mol. The first kappa shape index (κ1) is 18.2. The van der Waals surface area contributed by atoms with Crippen LogP contribution in [-0.2, 0) is 12.8 Å². The largest absolute Gasteiger partial charge is 0.310 e. The predicted octanol–water partition coefficient (Wildman–Crippen LogP) is 6.21. The Morgan fingerprint density at radius 1 is 0.963 bits per heavy atom. The van der Waals surface area contributed by atoms with E-state index in [4.69, 9.17) is 0 Å². The topological polar surface area (TPSA) is 12.0 Å². The summed E-state index contributed by atoms with van der Waals surface area (Å²) in [5.41, 5.74) is 4.27. The molecule has 1 nitrogen and oxygen atoms in total. The van der Waals surface area contributed by atoms with Crippen molar-refractivity contribution in [1.82, 2.24) is 5.32 Å². The molecule has 27 heavy (non-hydrogen) atoms. The van der Waals surface area contributed by atoms with Crippen LogP contribution in [0.25, 0.3) is 10.8 Å². The maximum Gasteiger partial charge on any atom is 0.131 e. The minimum atomic E-state index is -0.140. The lowest BCUT2D eigenvalue weighted by Crippen LogP contribution is -2.22. The third-order valence-corrected chi connectivity index (χ3v) is 6.06. The second-order valence-electron chi connectivity index (χ2n) is 7.88. The molecule has 140 valence electrons. The molecule has 3 aromatic rings. The summed E-state index contributed by atoms with van der Waals surface area (Å²) in [4.78, 5) is 0. The standard InChI is InChI=1S/C25H28FN/c1-18(22-14-15-25(26)24-11-5-4-10-23(22)24)27-16-6-7-19-12-13-20-8-2-3-9-21(20)17-19/h2-5,8-11,14-15,18-19,27H,6-7,12-13,16-17H2,1H3/t18-,19-/m1/s1. The van der Waals surface area contributed by atoms with Crippen LogP contribution in [0.1, 0.15) is 48.9 Å². The molecule has 0 spiro atoms. The van der Waals surface area contributed by atoms with E-state index >= 15 is 0 Å². The number of aryl methyl sites for hydroxylation is 1. The molecule has 0 fully saturated rings. The van der Waals surface area contributed by atoms with Crippen molar-refractivity contribution in [2.45, 2.75) is 45.1 Å². The highest BCUT2D eigenvalue weighted by atomic mass is 19.1. The molecule has 0 radical (unpaired) electrons. The van der Waals surface area contributed by atoms with Crippen LogP contribution in [0.2, 0.25) is 0 Å². The molecular formula is C25H28FN. The number of hydrogen-bond donors (Lipinski definition) is 1. The molecule has 0 saturated carbocycles. The van der Waals surface area contributed by atoms with Crippen LogP contribution in [0.4, 0.5) is 4.39 Å². The Labute approximate surface area is 161 Å². The minimum absolute atomic E-state index is 0.140. The molecule has 0 unspecified atom stereocenters. The van der Waals surface area contributed by atoms with Gasteiger partial charge < -0.3 is 5.32 Å². The summed E-state index contributed by atoms with van der Waals surface area (Å²) in [7, 11) is 0. The van der Waals surface area contributed by atoms with Gasteiger partial charge in [0, 0.05) is 11.4 Å². The fraction of sp³-hybridized carbons (Fsp3) is 0.360. The number of fused-ring (bicyclic) bond motifs is 2. The van der Waals surface area contributed by atoms with Crippen LogP contribution in [-0.4, -0.2) is 6.54 Å². The van der Waals surface area contributed by atoms with Gasteiger partial charge >= 0.3 is 0 Å². The summed E-state index contributed by atoms with van der Waals surface area (Å²) in [5, 5.41) is 5.37. The molecule has 3 aromatic carbocycles. The van der Waals surface area contributed by atoms with Crippen molar-refractivity contribution in [3.8, 4) is 0 Å². The normalized spacial score (nSPS) is 17.6. The molecule has 1 N–H and O–H groups in total. The van der Waals surface area contributed by atoms with Crippen LogP contribution < -0.4 is 5.32 Å². The van der Waals surface area contributed by atoms with Crippen molar-refractivity contribution in [3.63, 3.8) is 0 Å². The molecule has 1 aliphatic rings. The van der Waals surface area contributed by atoms with Gasteiger partial charge in [0.05, 0.1) is 0 Å². The van der Waals surface area contributed by atoms with E-state index in [9.17, 15) is 4.39 Å². The van der Waals surface area contributed by atoms with E-state index in [1.165, 1.54) is 37.7 Å². The first-order valence-corrected chi connectivity index (χ1v) is 10.2. The molecule has 1 aliphatic carbocycles. The molecule has 2 heteroatoms. The van der Waals surface area contributed by atoms with Crippen LogP contribution in [0.3, 0.4) is 0 Å². The highest BCUT2D eigenvalue weighted by Crippen LogP contribution is 2.29. The van der Waals surface area contributed by atoms with Crippen molar-refractivity contribution < 1.29 is 4.39 Å². The van der Waals surface area contributed by atoms with E-state index in [-0.39, 0.29) is 11.9 Å². The summed E-state index contributed by atoms with van der Waals surface area (Å²) in [6, 6.07) is 20.4. The zero-order valence-corrected chi connectivity index (χ0v) is 16.0. The molecule has 4 rings (SSSR count). The number of halogens is 1. The van der Waals surface area contributed by atoms with Gasteiger partial charge in [0.15, 0.2) is 0 Å². The molecular weight excluding hydrogens is 333 g/mol. The van der Waals surface area contributed by atoms with E-state index in [1.807, 2.05) is 30.3 Å². The average Bonchev–Trinajstić information content (AvgIpc) is 2.71. The van der Waals surface area contributed by atoms with Crippen molar-refractivity contribution in [1.29, 1.82) is 0 Å². The summed E-state index contributed by atoms with van der Waals surface area (Å²) < 4.78 is 14.0. The van der Waals surface area contributed by atoms with Crippen LogP contribution in [0.5, 0.6) is 0 Å². The van der Waals surface area contributed by atoms with Crippen molar-refractivity contribution in [2.24, 2.45) is 5.92 Å². The second-order valence-corrected chi connectivity index (χ2v) is 7.88. The summed E-state index contributed by atoms with van der Waals surface area (Å²) in [6.07, 6.45) is 6.24. The van der Waals surface area contributed by atoms with Gasteiger partial charge in [-0.05, 0) is 79.6 Å². The van der Waals surface area contributed by atoms with Gasteiger partial charge in [0.25, 0.3) is 0 Å². The van der Waals surface area contributed by atoms with Gasteiger partial charge in [-0.15, -0.1) is 0 Å². The van der Waals surface area contributed by atoms with Gasteiger partial charge in [-0.2, -0.15) is 0 Å². The highest BCUT2D eigenvalue weighted by Gasteiger charge is 2.18. The number of benzene rings is 3. The summed E-state index contributed by atoms with van der Waals surface area (Å²) in [5.74, 6) is 0.669. The third-order valence-electron chi connectivity index (χ3n) is 6.06. The van der Waals surface area contributed by atoms with Crippen molar-refractivity contribution in [3.05, 3.63) is 83.2 Å². The summed E-state index contributed by atoms with van der Waals surface area (Å²) in [6.45, 7) is 3.18. The second kappa shape index (κ2) is 8.22. The third kappa shape index (κ3) is 4.06. The zero-order valence-electron chi connectivity index (χ0n) is 16.0. The van der Waals surface area contributed by atoms with E-state index in [2.05, 4.69) is 36.5 Å². The van der Waals surface area contributed by atoms with Gasteiger partial charge in [0.2, 0.25) is 0 Å². The number of hydrogen-bond acceptors (Lipinski definition) is 1. The van der Waals surface area contributed by atoms with Gasteiger partial charge in [0.1, 0.15) is 5.82 Å². The lowest BCUT2D eigenvalue weighted by atomic mass is 9.82. The Hall–Kier alpha value is -2.19. The Morgan fingerprint density at radius 2 is 1.70 bits per heavy atom. The maximum atomic E-state index is 14.0. The molecule has 0 aromatic heterocycles.